The molecule has 6 nitrogen and oxygen atoms in total. The lowest BCUT2D eigenvalue weighted by molar-refractivity contribution is 0.470. The topological polar surface area (TPSA) is 89.8 Å². The van der Waals surface area contributed by atoms with Crippen LogP contribution in [0.4, 0.5) is 5.82 Å². The summed E-state index contributed by atoms with van der Waals surface area (Å²) in [6, 6.07) is 5.69. The lowest BCUT2D eigenvalue weighted by atomic mass is 10.1. The summed E-state index contributed by atoms with van der Waals surface area (Å²) >= 11 is 0. The highest BCUT2D eigenvalue weighted by Gasteiger charge is 2.22. The molecular formula is C20H21N5O. The summed E-state index contributed by atoms with van der Waals surface area (Å²) in [5.74, 6) is 1.28. The number of hydrogen-bond acceptors (Lipinski definition) is 5. The molecule has 0 aliphatic heterocycles. The van der Waals surface area contributed by atoms with Gasteiger partial charge in [0.2, 0.25) is 0 Å². The van der Waals surface area contributed by atoms with E-state index in [0.29, 0.717) is 17.3 Å². The van der Waals surface area contributed by atoms with Crippen molar-refractivity contribution in [3.05, 3.63) is 46.4 Å². The molecule has 132 valence electrons. The van der Waals surface area contributed by atoms with Crippen molar-refractivity contribution in [3.8, 4) is 11.4 Å². The Balaban J connectivity index is 2.32. The molecule has 0 aliphatic rings. The Bertz CT molecular complexity index is 1210. The summed E-state index contributed by atoms with van der Waals surface area (Å²) in [4.78, 5) is 13.9. The number of benzene rings is 1. The van der Waals surface area contributed by atoms with E-state index in [2.05, 4.69) is 16.0 Å². The minimum absolute atomic E-state index is 0.239. The highest BCUT2D eigenvalue weighted by atomic mass is 16.3. The lowest BCUT2D eigenvalue weighted by Gasteiger charge is -2.15. The van der Waals surface area contributed by atoms with E-state index in [1.54, 1.807) is 6.07 Å². The molecule has 0 radical (unpaired) electrons. The Morgan fingerprint density at radius 1 is 0.923 bits per heavy atom. The van der Waals surface area contributed by atoms with Gasteiger partial charge in [0, 0.05) is 16.6 Å². The maximum atomic E-state index is 10.3. The van der Waals surface area contributed by atoms with Gasteiger partial charge < -0.3 is 10.8 Å². The van der Waals surface area contributed by atoms with Crippen LogP contribution in [0.1, 0.15) is 28.2 Å². The van der Waals surface area contributed by atoms with Gasteiger partial charge in [-0.15, -0.1) is 0 Å². The Morgan fingerprint density at radius 2 is 1.65 bits per heavy atom. The van der Waals surface area contributed by atoms with Crippen LogP contribution in [0, 0.1) is 34.6 Å². The van der Waals surface area contributed by atoms with Crippen molar-refractivity contribution >= 4 is 27.9 Å². The number of hydrogen-bond donors (Lipinski definition) is 2. The van der Waals surface area contributed by atoms with E-state index in [9.17, 15) is 5.11 Å². The number of nitrogen functional groups attached to an aromatic ring is 1. The van der Waals surface area contributed by atoms with Crippen molar-refractivity contribution in [2.45, 2.75) is 34.6 Å². The number of nitrogens with two attached hydrogens (primary N) is 1. The van der Waals surface area contributed by atoms with Gasteiger partial charge in [-0.2, -0.15) is 0 Å². The molecule has 3 heterocycles. The first-order valence-electron chi connectivity index (χ1n) is 8.51. The summed E-state index contributed by atoms with van der Waals surface area (Å²) < 4.78 is 1.99. The summed E-state index contributed by atoms with van der Waals surface area (Å²) in [7, 11) is 0. The lowest BCUT2D eigenvalue weighted by Crippen LogP contribution is -2.04. The fourth-order valence-electron chi connectivity index (χ4n) is 3.53. The molecule has 3 N–H and O–H groups in total. The number of phenolic OH excluding ortho intramolecular Hbond substituents is 1. The zero-order chi connectivity index (χ0) is 18.7. The van der Waals surface area contributed by atoms with Crippen molar-refractivity contribution in [2.24, 2.45) is 0 Å². The minimum atomic E-state index is 0.239. The Hall–Kier alpha value is -3.15. The first-order chi connectivity index (χ1) is 12.3. The van der Waals surface area contributed by atoms with Gasteiger partial charge in [-0.05, 0) is 57.9 Å². The van der Waals surface area contributed by atoms with Crippen molar-refractivity contribution < 1.29 is 5.11 Å². The SMILES string of the molecule is Cc1nc(N)c2c3cc(C)c(C)nc3n(-c3c(C)ccc(O)c3C)c2n1. The van der Waals surface area contributed by atoms with E-state index in [4.69, 9.17) is 10.7 Å². The quantitative estimate of drug-likeness (QED) is 0.546. The number of fused-ring (bicyclic) bond motifs is 3. The first kappa shape index (κ1) is 16.3. The Morgan fingerprint density at radius 3 is 2.38 bits per heavy atom. The summed E-state index contributed by atoms with van der Waals surface area (Å²) in [5.41, 5.74) is 12.4. The number of phenols is 1. The second-order valence-corrected chi connectivity index (χ2v) is 6.83. The molecule has 26 heavy (non-hydrogen) atoms. The smallest absolute Gasteiger partial charge is 0.152 e. The largest absolute Gasteiger partial charge is 0.508 e. The second-order valence-electron chi connectivity index (χ2n) is 6.83. The predicted octanol–water partition coefficient (Wildman–Crippen LogP) is 3.80. The van der Waals surface area contributed by atoms with E-state index in [1.807, 2.05) is 45.3 Å². The van der Waals surface area contributed by atoms with Crippen LogP contribution in [0.3, 0.4) is 0 Å². The Labute approximate surface area is 151 Å². The first-order valence-corrected chi connectivity index (χ1v) is 8.51. The fourth-order valence-corrected chi connectivity index (χ4v) is 3.53. The van der Waals surface area contributed by atoms with Crippen LogP contribution in [0.5, 0.6) is 5.75 Å². The predicted molar refractivity (Wildman–Crippen MR) is 104 cm³/mol. The van der Waals surface area contributed by atoms with Gasteiger partial charge in [-0.1, -0.05) is 6.07 Å². The van der Waals surface area contributed by atoms with Gasteiger partial charge >= 0.3 is 0 Å². The van der Waals surface area contributed by atoms with Crippen LogP contribution in [0.25, 0.3) is 27.8 Å². The number of aryl methyl sites for hydroxylation is 4. The van der Waals surface area contributed by atoms with Gasteiger partial charge in [0.15, 0.2) is 5.65 Å². The minimum Gasteiger partial charge on any atom is -0.508 e. The van der Waals surface area contributed by atoms with Gasteiger partial charge in [-0.3, -0.25) is 4.57 Å². The van der Waals surface area contributed by atoms with Gasteiger partial charge in [0.25, 0.3) is 0 Å². The number of pyridine rings is 1. The maximum absolute atomic E-state index is 10.3. The van der Waals surface area contributed by atoms with Crippen molar-refractivity contribution in [3.63, 3.8) is 0 Å². The fraction of sp³-hybridized carbons (Fsp3) is 0.250. The molecular weight excluding hydrogens is 326 g/mol. The van der Waals surface area contributed by atoms with Gasteiger partial charge in [0.1, 0.15) is 23.0 Å². The number of nitrogens with zero attached hydrogens (tertiary/aromatic N) is 4. The van der Waals surface area contributed by atoms with Crippen molar-refractivity contribution in [1.29, 1.82) is 0 Å². The zero-order valence-electron chi connectivity index (χ0n) is 15.5. The molecule has 0 unspecified atom stereocenters. The number of aromatic nitrogens is 4. The average Bonchev–Trinajstić information content (AvgIpc) is 2.86. The van der Waals surface area contributed by atoms with Crippen LogP contribution < -0.4 is 5.73 Å². The van der Waals surface area contributed by atoms with Gasteiger partial charge in [0.05, 0.1) is 11.1 Å². The molecule has 3 aromatic heterocycles. The molecule has 0 fully saturated rings. The van der Waals surface area contributed by atoms with Crippen LogP contribution in [-0.2, 0) is 0 Å². The molecule has 6 heteroatoms. The number of rotatable bonds is 1. The van der Waals surface area contributed by atoms with E-state index in [0.717, 1.165) is 44.5 Å². The maximum Gasteiger partial charge on any atom is 0.152 e. The molecule has 0 spiro atoms. The van der Waals surface area contributed by atoms with Gasteiger partial charge in [-0.25, -0.2) is 15.0 Å². The van der Waals surface area contributed by atoms with Crippen LogP contribution in [-0.4, -0.2) is 24.6 Å². The van der Waals surface area contributed by atoms with Crippen molar-refractivity contribution in [2.75, 3.05) is 5.73 Å². The second kappa shape index (κ2) is 5.42. The van der Waals surface area contributed by atoms with Crippen LogP contribution >= 0.6 is 0 Å². The number of anilines is 1. The monoisotopic (exact) mass is 347 g/mol. The third-order valence-electron chi connectivity index (χ3n) is 5.00. The van der Waals surface area contributed by atoms with E-state index < -0.39 is 0 Å². The summed E-state index contributed by atoms with van der Waals surface area (Å²) in [6.07, 6.45) is 0. The normalized spacial score (nSPS) is 11.6. The number of aromatic hydroxyl groups is 1. The summed E-state index contributed by atoms with van der Waals surface area (Å²) in [5, 5.41) is 12.0. The molecule has 0 bridgehead atoms. The van der Waals surface area contributed by atoms with E-state index in [1.165, 1.54) is 0 Å². The zero-order valence-corrected chi connectivity index (χ0v) is 15.5. The van der Waals surface area contributed by atoms with Crippen LogP contribution in [0.2, 0.25) is 0 Å². The van der Waals surface area contributed by atoms with Crippen molar-refractivity contribution in [1.82, 2.24) is 19.5 Å². The summed E-state index contributed by atoms with van der Waals surface area (Å²) in [6.45, 7) is 9.75. The molecule has 0 atom stereocenters. The highest BCUT2D eigenvalue weighted by Crippen LogP contribution is 2.37. The third kappa shape index (κ3) is 2.15. The highest BCUT2D eigenvalue weighted by molar-refractivity contribution is 6.11. The molecule has 0 saturated heterocycles. The van der Waals surface area contributed by atoms with Crippen LogP contribution in [0.15, 0.2) is 18.2 Å². The molecule has 0 amide bonds. The molecule has 0 saturated carbocycles. The van der Waals surface area contributed by atoms with E-state index >= 15 is 0 Å². The average molecular weight is 347 g/mol. The molecule has 0 aliphatic carbocycles. The molecule has 4 rings (SSSR count). The third-order valence-corrected chi connectivity index (χ3v) is 5.00. The molecule has 4 aromatic rings. The molecule has 1 aromatic carbocycles. The van der Waals surface area contributed by atoms with E-state index in [-0.39, 0.29) is 5.75 Å². The Kier molecular flexibility index (Phi) is 3.41. The standard InChI is InChI=1S/C20H21N5O/c1-9-6-7-15(26)11(3)17(9)25-19-14(8-10(2)12(4)22-19)16-18(21)23-13(5)24-20(16)25/h6-8,26H,1-5H3,(H2,21,23,24).